The summed E-state index contributed by atoms with van der Waals surface area (Å²) in [6.07, 6.45) is 15.6. The highest BCUT2D eigenvalue weighted by molar-refractivity contribution is 5.89. The molecule has 0 aromatic heterocycles. The fourth-order valence-electron chi connectivity index (χ4n) is 2.39. The Kier molecular flexibility index (Phi) is 10.5. The molecule has 5 nitrogen and oxygen atoms in total. The molecule has 0 saturated carbocycles. The van der Waals surface area contributed by atoms with E-state index in [0.29, 0.717) is 56.9 Å². The number of ether oxygens (including phenoxy) is 2. The molecule has 140 valence electrons. The number of hydrogen-bond donors (Lipinski definition) is 2. The topological polar surface area (TPSA) is 81.8 Å². The van der Waals surface area contributed by atoms with E-state index >= 15 is 0 Å². The van der Waals surface area contributed by atoms with E-state index in [2.05, 4.69) is 11.8 Å². The summed E-state index contributed by atoms with van der Waals surface area (Å²) in [6, 6.07) is 3.08. The van der Waals surface area contributed by atoms with E-state index in [9.17, 15) is 9.90 Å². The number of benzene rings is 1. The lowest BCUT2D eigenvalue weighted by Gasteiger charge is -2.17. The van der Waals surface area contributed by atoms with Gasteiger partial charge in [-0.15, -0.1) is 24.7 Å². The zero-order chi connectivity index (χ0) is 19.2. The van der Waals surface area contributed by atoms with Crippen molar-refractivity contribution in [2.75, 3.05) is 19.8 Å². The van der Waals surface area contributed by atoms with Crippen LogP contribution in [0.1, 0.15) is 54.4 Å². The Balaban J connectivity index is 3.00. The number of carbonyl (C=O) groups is 1. The average Bonchev–Trinajstić information content (AvgIpc) is 2.63. The molecule has 0 aliphatic heterocycles. The van der Waals surface area contributed by atoms with Crippen molar-refractivity contribution in [2.24, 2.45) is 5.73 Å². The van der Waals surface area contributed by atoms with Gasteiger partial charge in [0.1, 0.15) is 11.5 Å². The average molecular weight is 357 g/mol. The second kappa shape index (κ2) is 12.7. The Morgan fingerprint density at radius 2 is 1.58 bits per heavy atom. The molecule has 3 N–H and O–H groups in total. The predicted molar refractivity (Wildman–Crippen MR) is 103 cm³/mol. The maximum absolute atomic E-state index is 11.4. The molecule has 1 rings (SSSR count). The molecular weight excluding hydrogens is 330 g/mol. The SMILES string of the molecule is C#CCCCCOc1cc(C(=O)O)cc(OCCCC#C)c1CCCN. The molecule has 1 aromatic rings. The van der Waals surface area contributed by atoms with Gasteiger partial charge in [-0.25, -0.2) is 4.79 Å². The zero-order valence-corrected chi connectivity index (χ0v) is 15.1. The fraction of sp³-hybridized carbons (Fsp3) is 0.476. The molecule has 0 spiro atoms. The summed E-state index contributed by atoms with van der Waals surface area (Å²) >= 11 is 0. The Morgan fingerprint density at radius 1 is 1.00 bits per heavy atom. The van der Waals surface area contributed by atoms with Crippen molar-refractivity contribution in [3.8, 4) is 36.2 Å². The quantitative estimate of drug-likeness (QED) is 0.418. The third-order valence-corrected chi connectivity index (χ3v) is 3.74. The van der Waals surface area contributed by atoms with Crippen LogP contribution in [0.15, 0.2) is 12.1 Å². The van der Waals surface area contributed by atoms with E-state index in [1.165, 1.54) is 6.07 Å². The minimum Gasteiger partial charge on any atom is -0.493 e. The standard InChI is InChI=1S/C21H27NO4/c1-3-5-7-9-14-26-20-16-17(21(23)24)15-19(18(20)11-10-12-22)25-13-8-6-4-2/h1-2,15-16H,5-14,22H2,(H,23,24). The van der Waals surface area contributed by atoms with Crippen LogP contribution in [-0.2, 0) is 6.42 Å². The van der Waals surface area contributed by atoms with Gasteiger partial charge in [-0.1, -0.05) is 0 Å². The van der Waals surface area contributed by atoms with Crippen LogP contribution in [0.5, 0.6) is 11.5 Å². The highest BCUT2D eigenvalue weighted by Gasteiger charge is 2.16. The van der Waals surface area contributed by atoms with Crippen LogP contribution >= 0.6 is 0 Å². The molecule has 0 aliphatic rings. The Hall–Kier alpha value is -2.63. The van der Waals surface area contributed by atoms with Gasteiger partial charge < -0.3 is 20.3 Å². The van der Waals surface area contributed by atoms with E-state index < -0.39 is 5.97 Å². The van der Waals surface area contributed by atoms with Crippen LogP contribution in [0.3, 0.4) is 0 Å². The zero-order valence-electron chi connectivity index (χ0n) is 15.1. The van der Waals surface area contributed by atoms with Crippen LogP contribution in [0.4, 0.5) is 0 Å². The van der Waals surface area contributed by atoms with Gasteiger partial charge >= 0.3 is 5.97 Å². The second-order valence-electron chi connectivity index (χ2n) is 5.81. The first-order chi connectivity index (χ1) is 12.6. The van der Waals surface area contributed by atoms with Crippen molar-refractivity contribution in [3.05, 3.63) is 23.3 Å². The number of rotatable bonds is 13. The number of nitrogens with two attached hydrogens (primary N) is 1. The van der Waals surface area contributed by atoms with Crippen LogP contribution in [-0.4, -0.2) is 30.8 Å². The largest absolute Gasteiger partial charge is 0.493 e. The number of unbranched alkanes of at least 4 members (excludes halogenated alkanes) is 3. The third-order valence-electron chi connectivity index (χ3n) is 3.74. The Bertz CT molecular complexity index is 655. The number of terminal acetylenes is 2. The van der Waals surface area contributed by atoms with Crippen molar-refractivity contribution in [2.45, 2.75) is 44.9 Å². The first-order valence-electron chi connectivity index (χ1n) is 8.86. The number of carboxylic acid groups (broad SMARTS) is 1. The van der Waals surface area contributed by atoms with Crippen LogP contribution < -0.4 is 15.2 Å². The van der Waals surface area contributed by atoms with Crippen molar-refractivity contribution < 1.29 is 19.4 Å². The smallest absolute Gasteiger partial charge is 0.335 e. The molecule has 0 amide bonds. The van der Waals surface area contributed by atoms with E-state index in [1.807, 2.05) is 0 Å². The maximum Gasteiger partial charge on any atom is 0.335 e. The Labute approximate surface area is 155 Å². The second-order valence-corrected chi connectivity index (χ2v) is 5.81. The third kappa shape index (κ3) is 7.51. The van der Waals surface area contributed by atoms with Crippen molar-refractivity contribution >= 4 is 5.97 Å². The van der Waals surface area contributed by atoms with Gasteiger partial charge in [0.25, 0.3) is 0 Å². The minimum atomic E-state index is -1.03. The van der Waals surface area contributed by atoms with Crippen molar-refractivity contribution in [1.82, 2.24) is 0 Å². The summed E-state index contributed by atoms with van der Waals surface area (Å²) in [5, 5.41) is 9.37. The van der Waals surface area contributed by atoms with Gasteiger partial charge in [-0.2, -0.15) is 0 Å². The molecule has 0 bridgehead atoms. The van der Waals surface area contributed by atoms with Gasteiger partial charge in [0.05, 0.1) is 18.8 Å². The normalized spacial score (nSPS) is 9.96. The van der Waals surface area contributed by atoms with Gasteiger partial charge in [0, 0.05) is 18.4 Å². The first-order valence-corrected chi connectivity index (χ1v) is 8.86. The number of hydrogen-bond acceptors (Lipinski definition) is 4. The predicted octanol–water partition coefficient (Wildman–Crippen LogP) is 3.25. The van der Waals surface area contributed by atoms with Crippen LogP contribution in [0.2, 0.25) is 0 Å². The summed E-state index contributed by atoms with van der Waals surface area (Å²) in [4.78, 5) is 11.4. The summed E-state index contributed by atoms with van der Waals surface area (Å²) in [5.41, 5.74) is 6.61. The summed E-state index contributed by atoms with van der Waals surface area (Å²) in [5.74, 6) is 5.18. The lowest BCUT2D eigenvalue weighted by Crippen LogP contribution is -2.09. The summed E-state index contributed by atoms with van der Waals surface area (Å²) < 4.78 is 11.7. The summed E-state index contributed by atoms with van der Waals surface area (Å²) in [7, 11) is 0. The molecule has 0 aliphatic carbocycles. The number of carboxylic acids is 1. The lowest BCUT2D eigenvalue weighted by atomic mass is 10.0. The van der Waals surface area contributed by atoms with E-state index in [4.69, 9.17) is 28.1 Å². The molecule has 1 aromatic carbocycles. The molecule has 26 heavy (non-hydrogen) atoms. The molecule has 0 heterocycles. The molecular formula is C21H27NO4. The minimum absolute atomic E-state index is 0.132. The van der Waals surface area contributed by atoms with Gasteiger partial charge in [0.15, 0.2) is 0 Å². The highest BCUT2D eigenvalue weighted by Crippen LogP contribution is 2.32. The first kappa shape index (κ1) is 21.4. The summed E-state index contributed by atoms with van der Waals surface area (Å²) in [6.45, 7) is 1.42. The number of aromatic carboxylic acids is 1. The molecule has 0 atom stereocenters. The highest BCUT2D eigenvalue weighted by atomic mass is 16.5. The van der Waals surface area contributed by atoms with Gasteiger partial charge in [0.2, 0.25) is 0 Å². The fourth-order valence-corrected chi connectivity index (χ4v) is 2.39. The van der Waals surface area contributed by atoms with Crippen LogP contribution in [0.25, 0.3) is 0 Å². The van der Waals surface area contributed by atoms with Crippen molar-refractivity contribution in [3.63, 3.8) is 0 Å². The maximum atomic E-state index is 11.4. The van der Waals surface area contributed by atoms with E-state index in [0.717, 1.165) is 24.8 Å². The Morgan fingerprint density at radius 3 is 2.12 bits per heavy atom. The molecule has 0 fully saturated rings. The lowest BCUT2D eigenvalue weighted by molar-refractivity contribution is 0.0695. The van der Waals surface area contributed by atoms with Gasteiger partial charge in [-0.3, -0.25) is 0 Å². The monoisotopic (exact) mass is 357 g/mol. The molecule has 0 unspecified atom stereocenters. The van der Waals surface area contributed by atoms with Crippen LogP contribution in [0, 0.1) is 24.7 Å². The molecule has 0 radical (unpaired) electrons. The van der Waals surface area contributed by atoms with Crippen molar-refractivity contribution in [1.29, 1.82) is 0 Å². The van der Waals surface area contributed by atoms with E-state index in [-0.39, 0.29) is 5.56 Å². The van der Waals surface area contributed by atoms with E-state index in [1.54, 1.807) is 6.07 Å². The van der Waals surface area contributed by atoms with Gasteiger partial charge in [-0.05, 0) is 50.8 Å². The molecule has 5 heteroatoms. The molecule has 0 saturated heterocycles.